The van der Waals surface area contributed by atoms with Gasteiger partial charge in [-0.15, -0.1) is 0 Å². The van der Waals surface area contributed by atoms with E-state index in [1.54, 1.807) is 0 Å². The van der Waals surface area contributed by atoms with Crippen LogP contribution in [0.5, 0.6) is 0 Å². The van der Waals surface area contributed by atoms with Crippen LogP contribution in [0.25, 0.3) is 145 Å². The van der Waals surface area contributed by atoms with E-state index >= 15 is 0 Å². The molecule has 7 nitrogen and oxygen atoms in total. The number of fused-ring (bicyclic) bond motifs is 10. The fourth-order valence-electron chi connectivity index (χ4n) is 9.90. The summed E-state index contributed by atoms with van der Waals surface area (Å²) in [6.07, 6.45) is 0. The first-order valence-corrected chi connectivity index (χ1v) is 23.3. The molecule has 0 saturated heterocycles. The quantitative estimate of drug-likeness (QED) is 0.157. The molecule has 14 aromatic rings. The van der Waals surface area contributed by atoms with Gasteiger partial charge in [0, 0.05) is 54.9 Å². The fraction of sp³-hybridized carbons (Fsp3) is 0. The summed E-state index contributed by atoms with van der Waals surface area (Å²) in [5, 5.41) is 8.88. The van der Waals surface area contributed by atoms with E-state index in [4.69, 9.17) is 33.8 Å². The second-order valence-electron chi connectivity index (χ2n) is 17.6. The monoisotopic (exact) mass is 895 g/mol. The Labute approximate surface area is 401 Å². The molecule has 14 rings (SSSR count). The number of benzene rings is 10. The van der Waals surface area contributed by atoms with E-state index in [0.717, 1.165) is 116 Å². The third-order valence-electron chi connectivity index (χ3n) is 13.3. The van der Waals surface area contributed by atoms with Crippen LogP contribution in [0.4, 0.5) is 0 Å². The van der Waals surface area contributed by atoms with Crippen LogP contribution in [0.15, 0.2) is 233 Å². The van der Waals surface area contributed by atoms with Crippen molar-refractivity contribution in [3.05, 3.63) is 224 Å². The molecule has 7 heteroatoms. The maximum absolute atomic E-state index is 6.37. The number of hydrogen-bond donors (Lipinski definition) is 0. The first kappa shape index (κ1) is 39.6. The minimum absolute atomic E-state index is 0.577. The predicted molar refractivity (Wildman–Crippen MR) is 283 cm³/mol. The lowest BCUT2D eigenvalue weighted by Gasteiger charge is -2.12. The highest BCUT2D eigenvalue weighted by atomic mass is 16.3. The molecule has 0 aliphatic carbocycles. The molecule has 0 saturated carbocycles. The Morgan fingerprint density at radius 3 is 1.19 bits per heavy atom. The Balaban J connectivity index is 0.871. The molecule has 0 aliphatic rings. The number of rotatable bonds is 7. The summed E-state index contributed by atoms with van der Waals surface area (Å²) in [5.41, 5.74) is 12.6. The second kappa shape index (κ2) is 16.0. The molecule has 326 valence electrons. The lowest BCUT2D eigenvalue weighted by Crippen LogP contribution is -2.00. The van der Waals surface area contributed by atoms with Crippen molar-refractivity contribution < 1.29 is 8.83 Å². The summed E-state index contributed by atoms with van der Waals surface area (Å²) in [4.78, 5) is 25.8. The summed E-state index contributed by atoms with van der Waals surface area (Å²) in [5.74, 6) is 2.40. The second-order valence-corrected chi connectivity index (χ2v) is 17.6. The van der Waals surface area contributed by atoms with Gasteiger partial charge in [-0.2, -0.15) is 0 Å². The highest BCUT2D eigenvalue weighted by Gasteiger charge is 2.19. The van der Waals surface area contributed by atoms with Crippen LogP contribution < -0.4 is 0 Å². The standard InChI is InChI=1S/C63H37N5O2/c1-3-15-40(16-4-1)60-64-52(37-53(65-60)45-27-29-54-50(35-45)58-48-23-9-7-13-38(48)25-31-56(58)69-54)44-21-11-19-42(33-44)43-20-12-22-46(34-43)62-66-61(41-17-5-2-6-18-41)67-63(68-62)47-28-30-55-51(36-47)59-49-24-10-8-14-39(49)26-32-57(59)70-55/h1-37H. The van der Waals surface area contributed by atoms with E-state index < -0.39 is 0 Å². The number of aromatic nitrogens is 5. The zero-order valence-electron chi connectivity index (χ0n) is 37.4. The minimum atomic E-state index is 0.577. The topological polar surface area (TPSA) is 90.7 Å². The van der Waals surface area contributed by atoms with Crippen molar-refractivity contribution in [2.24, 2.45) is 0 Å². The maximum atomic E-state index is 6.37. The lowest BCUT2D eigenvalue weighted by molar-refractivity contribution is 0.669. The van der Waals surface area contributed by atoms with Crippen LogP contribution in [-0.4, -0.2) is 24.9 Å². The molecule has 0 amide bonds. The molecule has 0 spiro atoms. The fourth-order valence-corrected chi connectivity index (χ4v) is 9.90. The van der Waals surface area contributed by atoms with Crippen LogP contribution in [-0.2, 0) is 0 Å². The summed E-state index contributed by atoms with van der Waals surface area (Å²) < 4.78 is 12.7. The molecule has 10 aromatic carbocycles. The Bertz CT molecular complexity index is 4090. The molecule has 70 heavy (non-hydrogen) atoms. The van der Waals surface area contributed by atoms with Gasteiger partial charge in [-0.25, -0.2) is 24.9 Å². The van der Waals surface area contributed by atoms with Crippen LogP contribution in [0.1, 0.15) is 0 Å². The third-order valence-corrected chi connectivity index (χ3v) is 13.3. The summed E-state index contributed by atoms with van der Waals surface area (Å²) >= 11 is 0. The van der Waals surface area contributed by atoms with Gasteiger partial charge in [-0.3, -0.25) is 0 Å². The van der Waals surface area contributed by atoms with Gasteiger partial charge in [-0.05, 0) is 99.4 Å². The molecule has 4 aromatic heterocycles. The van der Waals surface area contributed by atoms with E-state index in [2.05, 4.69) is 158 Å². The van der Waals surface area contributed by atoms with Crippen LogP contribution in [0, 0.1) is 0 Å². The molecule has 0 fully saturated rings. The Morgan fingerprint density at radius 2 is 0.614 bits per heavy atom. The Kier molecular flexibility index (Phi) is 9.07. The van der Waals surface area contributed by atoms with Gasteiger partial charge in [0.05, 0.1) is 11.4 Å². The number of nitrogens with zero attached hydrogens (tertiary/aromatic N) is 5. The zero-order chi connectivity index (χ0) is 46.1. The Morgan fingerprint density at radius 1 is 0.229 bits per heavy atom. The average Bonchev–Trinajstić information content (AvgIpc) is 4.02. The van der Waals surface area contributed by atoms with Gasteiger partial charge in [0.25, 0.3) is 0 Å². The first-order valence-electron chi connectivity index (χ1n) is 23.3. The van der Waals surface area contributed by atoms with Crippen molar-refractivity contribution >= 4 is 65.4 Å². The van der Waals surface area contributed by atoms with Gasteiger partial charge in [0.2, 0.25) is 0 Å². The smallest absolute Gasteiger partial charge is 0.164 e. The largest absolute Gasteiger partial charge is 0.456 e. The molecule has 0 N–H and O–H groups in total. The first-order chi connectivity index (χ1) is 34.6. The SMILES string of the molecule is c1ccc(-c2nc(-c3cccc(-c4cccc(-c5nc(-c6ccccc6)nc(-c6ccc7oc8ccc9ccccc9c8c7c6)n5)c4)c3)cc(-c3ccc4oc5ccc6ccccc6c5c4c3)n2)cc1. The molecular weight excluding hydrogens is 859 g/mol. The number of hydrogen-bond acceptors (Lipinski definition) is 7. The van der Waals surface area contributed by atoms with E-state index in [0.29, 0.717) is 23.3 Å². The predicted octanol–water partition coefficient (Wildman–Crippen LogP) is 16.4. The van der Waals surface area contributed by atoms with Crippen molar-refractivity contribution in [2.75, 3.05) is 0 Å². The van der Waals surface area contributed by atoms with Crippen molar-refractivity contribution in [2.45, 2.75) is 0 Å². The van der Waals surface area contributed by atoms with Crippen molar-refractivity contribution in [1.29, 1.82) is 0 Å². The van der Waals surface area contributed by atoms with Crippen LogP contribution in [0.3, 0.4) is 0 Å². The van der Waals surface area contributed by atoms with Crippen molar-refractivity contribution in [3.8, 4) is 79.2 Å². The van der Waals surface area contributed by atoms with Gasteiger partial charge in [0.15, 0.2) is 23.3 Å². The van der Waals surface area contributed by atoms with Crippen LogP contribution in [0.2, 0.25) is 0 Å². The van der Waals surface area contributed by atoms with E-state index in [1.807, 2.05) is 66.7 Å². The third kappa shape index (κ3) is 6.79. The minimum Gasteiger partial charge on any atom is -0.456 e. The summed E-state index contributed by atoms with van der Waals surface area (Å²) in [7, 11) is 0. The lowest BCUT2D eigenvalue weighted by atomic mass is 9.98. The summed E-state index contributed by atoms with van der Waals surface area (Å²) in [6.45, 7) is 0. The molecule has 0 radical (unpaired) electrons. The van der Waals surface area contributed by atoms with E-state index in [9.17, 15) is 0 Å². The highest BCUT2D eigenvalue weighted by molar-refractivity contribution is 6.20. The zero-order valence-corrected chi connectivity index (χ0v) is 37.4. The Hall–Kier alpha value is -9.59. The molecule has 0 aliphatic heterocycles. The molecule has 0 atom stereocenters. The number of furan rings is 2. The normalized spacial score (nSPS) is 11.7. The van der Waals surface area contributed by atoms with Gasteiger partial charge in [0.1, 0.15) is 22.3 Å². The van der Waals surface area contributed by atoms with Gasteiger partial charge in [-0.1, -0.05) is 158 Å². The molecule has 0 bridgehead atoms. The van der Waals surface area contributed by atoms with Crippen molar-refractivity contribution in [1.82, 2.24) is 24.9 Å². The van der Waals surface area contributed by atoms with Gasteiger partial charge < -0.3 is 8.83 Å². The molecule has 4 heterocycles. The van der Waals surface area contributed by atoms with Crippen LogP contribution >= 0.6 is 0 Å². The van der Waals surface area contributed by atoms with E-state index in [-0.39, 0.29) is 0 Å². The molecule has 0 unspecified atom stereocenters. The van der Waals surface area contributed by atoms with Gasteiger partial charge >= 0.3 is 0 Å². The molecular formula is C63H37N5O2. The average molecular weight is 896 g/mol. The maximum Gasteiger partial charge on any atom is 0.164 e. The summed E-state index contributed by atoms with van der Waals surface area (Å²) in [6, 6.07) is 77.0. The van der Waals surface area contributed by atoms with E-state index in [1.165, 1.54) is 5.39 Å². The van der Waals surface area contributed by atoms with Crippen molar-refractivity contribution in [3.63, 3.8) is 0 Å². The highest BCUT2D eigenvalue weighted by Crippen LogP contribution is 2.40.